The van der Waals surface area contributed by atoms with Gasteiger partial charge in [0.15, 0.2) is 0 Å². The van der Waals surface area contributed by atoms with Gasteiger partial charge in [-0.15, -0.1) is 0 Å². The van der Waals surface area contributed by atoms with Crippen molar-refractivity contribution in [3.8, 4) is 17.0 Å². The molecule has 1 fully saturated rings. The Balaban J connectivity index is 1.38. The van der Waals surface area contributed by atoms with E-state index in [0.717, 1.165) is 36.9 Å². The summed E-state index contributed by atoms with van der Waals surface area (Å²) in [5, 5.41) is 21.0. The van der Waals surface area contributed by atoms with E-state index in [4.69, 9.17) is 0 Å². The molecule has 4 aromatic rings. The molecule has 2 amide bonds. The Morgan fingerprint density at radius 1 is 1.03 bits per heavy atom. The van der Waals surface area contributed by atoms with Gasteiger partial charge in [0, 0.05) is 35.3 Å². The fourth-order valence-electron chi connectivity index (χ4n) is 4.95. The number of hydrogen-bond acceptors (Lipinski definition) is 4. The van der Waals surface area contributed by atoms with Crippen molar-refractivity contribution in [2.45, 2.75) is 45.1 Å². The lowest BCUT2D eigenvalue weighted by atomic mass is 10.0. The van der Waals surface area contributed by atoms with Gasteiger partial charge in [-0.1, -0.05) is 43.2 Å². The Labute approximate surface area is 220 Å². The number of anilines is 1. The number of nitrogens with zero attached hydrogens (tertiary/aromatic N) is 2. The molecule has 0 unspecified atom stereocenters. The number of phenols is 1. The maximum absolute atomic E-state index is 13.5. The molecule has 38 heavy (non-hydrogen) atoms. The molecule has 194 valence electrons. The Bertz CT molecular complexity index is 1490. The first-order valence-electron chi connectivity index (χ1n) is 12.7. The molecule has 0 radical (unpaired) electrons. The van der Waals surface area contributed by atoms with Crippen molar-refractivity contribution in [2.24, 2.45) is 0 Å². The molecule has 1 aliphatic rings. The van der Waals surface area contributed by atoms with Crippen LogP contribution in [0.4, 0.5) is 14.9 Å². The smallest absolute Gasteiger partial charge is 0.342 e. The van der Waals surface area contributed by atoms with Gasteiger partial charge in [-0.05, 0) is 67.3 Å². The van der Waals surface area contributed by atoms with Crippen molar-refractivity contribution in [3.63, 3.8) is 0 Å². The maximum Gasteiger partial charge on any atom is 0.342 e. The third-order valence-corrected chi connectivity index (χ3v) is 6.96. The van der Waals surface area contributed by atoms with Crippen molar-refractivity contribution in [3.05, 3.63) is 101 Å². The highest BCUT2D eigenvalue weighted by Gasteiger charge is 2.26. The lowest BCUT2D eigenvalue weighted by molar-refractivity contribution is 0.102. The topological polar surface area (TPSA) is 96.3 Å². The Morgan fingerprint density at radius 3 is 2.55 bits per heavy atom. The third kappa shape index (κ3) is 5.44. The monoisotopic (exact) mass is 512 g/mol. The number of phenolic OH excluding ortho intramolecular Hbond substituents is 1. The molecule has 7 nitrogen and oxygen atoms in total. The summed E-state index contributed by atoms with van der Waals surface area (Å²) in [7, 11) is 0. The number of benzene rings is 3. The molecule has 0 bridgehead atoms. The van der Waals surface area contributed by atoms with Crippen LogP contribution in [0.1, 0.15) is 58.8 Å². The summed E-state index contributed by atoms with van der Waals surface area (Å²) in [5.41, 5.74) is 4.20. The molecule has 0 spiro atoms. The third-order valence-electron chi connectivity index (χ3n) is 6.96. The second kappa shape index (κ2) is 10.9. The number of amides is 2. The zero-order valence-electron chi connectivity index (χ0n) is 21.1. The lowest BCUT2D eigenvalue weighted by Crippen LogP contribution is -2.30. The van der Waals surface area contributed by atoms with Crippen LogP contribution in [0.2, 0.25) is 0 Å². The number of rotatable bonds is 6. The lowest BCUT2D eigenvalue weighted by Gasteiger charge is -2.12. The van der Waals surface area contributed by atoms with Crippen LogP contribution in [0, 0.1) is 12.7 Å². The van der Waals surface area contributed by atoms with Crippen molar-refractivity contribution < 1.29 is 19.1 Å². The number of carbonyl (C=O) groups is 2. The van der Waals surface area contributed by atoms with E-state index in [1.54, 1.807) is 36.4 Å². The number of hydrogen-bond donors (Lipinski definition) is 3. The number of aromatic nitrogens is 2. The summed E-state index contributed by atoms with van der Waals surface area (Å²) in [5.74, 6) is -0.502. The van der Waals surface area contributed by atoms with Crippen LogP contribution in [0.25, 0.3) is 11.3 Å². The highest BCUT2D eigenvalue weighted by Crippen LogP contribution is 2.38. The summed E-state index contributed by atoms with van der Waals surface area (Å²) >= 11 is 0. The van der Waals surface area contributed by atoms with Crippen LogP contribution in [0.15, 0.2) is 72.8 Å². The fourth-order valence-corrected chi connectivity index (χ4v) is 4.95. The van der Waals surface area contributed by atoms with E-state index in [0.29, 0.717) is 28.1 Å². The van der Waals surface area contributed by atoms with Crippen molar-refractivity contribution >= 4 is 17.6 Å². The fraction of sp³-hybridized carbons (Fsp3) is 0.233. The quantitative estimate of drug-likeness (QED) is 0.280. The number of aromatic hydroxyl groups is 1. The second-order valence-electron chi connectivity index (χ2n) is 9.64. The van der Waals surface area contributed by atoms with Crippen molar-refractivity contribution in [2.75, 3.05) is 5.32 Å². The Morgan fingerprint density at radius 2 is 1.82 bits per heavy atom. The second-order valence-corrected chi connectivity index (χ2v) is 9.64. The van der Waals surface area contributed by atoms with Crippen LogP contribution in [-0.2, 0) is 6.54 Å². The molecular weight excluding hydrogens is 483 g/mol. The Kier molecular flexibility index (Phi) is 7.22. The molecule has 1 heterocycles. The first-order valence-corrected chi connectivity index (χ1v) is 12.7. The van der Waals surface area contributed by atoms with Gasteiger partial charge in [-0.3, -0.25) is 4.79 Å². The number of aryl methyl sites for hydroxylation is 1. The first-order chi connectivity index (χ1) is 18.4. The average molecular weight is 513 g/mol. The highest BCUT2D eigenvalue weighted by atomic mass is 19.1. The van der Waals surface area contributed by atoms with Gasteiger partial charge in [0.1, 0.15) is 11.6 Å². The standard InChI is InChI=1S/C30H29FN4O3/c1-19-7-2-5-12-24(19)29(37)33-23-13-14-25(28(36)16-23)26-17-27(21-9-3-4-10-21)35(34-26)30(38)32-18-20-8-6-11-22(31)15-20/h2,5-8,11-17,21,36H,3-4,9-10,18H2,1H3,(H,32,38)(H,33,37). The molecular formula is C30H29FN4O3. The van der Waals surface area contributed by atoms with Gasteiger partial charge >= 0.3 is 6.03 Å². The van der Waals surface area contributed by atoms with E-state index >= 15 is 0 Å². The van der Waals surface area contributed by atoms with E-state index in [1.165, 1.54) is 22.9 Å². The van der Waals surface area contributed by atoms with E-state index < -0.39 is 6.03 Å². The molecule has 1 saturated carbocycles. The zero-order valence-corrected chi connectivity index (χ0v) is 21.1. The van der Waals surface area contributed by atoms with Gasteiger partial charge in [0.2, 0.25) is 0 Å². The number of nitrogens with one attached hydrogen (secondary N) is 2. The molecule has 0 atom stereocenters. The molecule has 5 rings (SSSR count). The molecule has 3 N–H and O–H groups in total. The molecule has 0 aliphatic heterocycles. The molecule has 1 aliphatic carbocycles. The van der Waals surface area contributed by atoms with Crippen LogP contribution >= 0.6 is 0 Å². The minimum Gasteiger partial charge on any atom is -0.507 e. The average Bonchev–Trinajstić information content (AvgIpc) is 3.58. The molecule has 0 saturated heterocycles. The zero-order chi connectivity index (χ0) is 26.6. The van der Waals surface area contributed by atoms with E-state index in [2.05, 4.69) is 15.7 Å². The maximum atomic E-state index is 13.5. The SMILES string of the molecule is Cc1ccccc1C(=O)Nc1ccc(-c2cc(C3CCCC3)n(C(=O)NCc3cccc(F)c3)n2)c(O)c1. The van der Waals surface area contributed by atoms with E-state index in [1.807, 2.05) is 25.1 Å². The van der Waals surface area contributed by atoms with Crippen LogP contribution in [0.3, 0.4) is 0 Å². The molecule has 3 aromatic carbocycles. The summed E-state index contributed by atoms with van der Waals surface area (Å²) in [6, 6.07) is 19.6. The number of halogens is 1. The predicted octanol–water partition coefficient (Wildman–Crippen LogP) is 6.37. The Hall–Kier alpha value is -4.46. The van der Waals surface area contributed by atoms with Gasteiger partial charge in [-0.25, -0.2) is 9.18 Å². The van der Waals surface area contributed by atoms with Crippen molar-refractivity contribution in [1.29, 1.82) is 0 Å². The van der Waals surface area contributed by atoms with Crippen LogP contribution < -0.4 is 10.6 Å². The normalized spacial score (nSPS) is 13.4. The number of carbonyl (C=O) groups excluding carboxylic acids is 2. The van der Waals surface area contributed by atoms with Gasteiger partial charge in [0.05, 0.1) is 11.4 Å². The minimum atomic E-state index is -0.413. The summed E-state index contributed by atoms with van der Waals surface area (Å²) in [6.07, 6.45) is 4.07. The van der Waals surface area contributed by atoms with Gasteiger partial charge in [0.25, 0.3) is 5.91 Å². The van der Waals surface area contributed by atoms with Gasteiger partial charge in [-0.2, -0.15) is 9.78 Å². The van der Waals surface area contributed by atoms with Crippen LogP contribution in [0.5, 0.6) is 5.75 Å². The van der Waals surface area contributed by atoms with Crippen molar-refractivity contribution in [1.82, 2.24) is 15.1 Å². The first kappa shape index (κ1) is 25.2. The van der Waals surface area contributed by atoms with E-state index in [9.17, 15) is 19.1 Å². The largest absolute Gasteiger partial charge is 0.507 e. The summed E-state index contributed by atoms with van der Waals surface area (Å²) < 4.78 is 14.9. The minimum absolute atomic E-state index is 0.0598. The highest BCUT2D eigenvalue weighted by molar-refractivity contribution is 6.05. The predicted molar refractivity (Wildman–Crippen MR) is 144 cm³/mol. The van der Waals surface area contributed by atoms with Crippen LogP contribution in [-0.4, -0.2) is 26.8 Å². The summed E-state index contributed by atoms with van der Waals surface area (Å²) in [4.78, 5) is 25.8. The van der Waals surface area contributed by atoms with E-state index in [-0.39, 0.29) is 29.9 Å². The molecule has 1 aromatic heterocycles. The molecule has 8 heteroatoms. The van der Waals surface area contributed by atoms with Gasteiger partial charge < -0.3 is 15.7 Å². The summed E-state index contributed by atoms with van der Waals surface area (Å²) in [6.45, 7) is 2.03.